The van der Waals surface area contributed by atoms with Gasteiger partial charge < -0.3 is 4.90 Å². The van der Waals surface area contributed by atoms with Crippen LogP contribution in [0.3, 0.4) is 0 Å². The van der Waals surface area contributed by atoms with E-state index in [-0.39, 0.29) is 0 Å². The summed E-state index contributed by atoms with van der Waals surface area (Å²) in [6.07, 6.45) is 9.07. The summed E-state index contributed by atoms with van der Waals surface area (Å²) in [5.41, 5.74) is 3.30. The van der Waals surface area contributed by atoms with Gasteiger partial charge in [-0.15, -0.1) is 0 Å². The molecule has 0 saturated carbocycles. The largest absolute Gasteiger partial charge is 0.372 e. The van der Waals surface area contributed by atoms with Crippen molar-refractivity contribution in [3.8, 4) is 0 Å². The first-order valence-electron chi connectivity index (χ1n) is 10.5. The zero-order valence-electron chi connectivity index (χ0n) is 18.4. The van der Waals surface area contributed by atoms with Crippen LogP contribution in [0.5, 0.6) is 0 Å². The van der Waals surface area contributed by atoms with Gasteiger partial charge in [0, 0.05) is 37.1 Å². The van der Waals surface area contributed by atoms with Crippen molar-refractivity contribution in [2.45, 2.75) is 13.8 Å². The van der Waals surface area contributed by atoms with Crippen molar-refractivity contribution in [2.75, 3.05) is 18.0 Å². The number of anilines is 1. The second-order valence-corrected chi connectivity index (χ2v) is 7.21. The summed E-state index contributed by atoms with van der Waals surface area (Å²) >= 11 is 0. The first kappa shape index (κ1) is 23.3. The first-order chi connectivity index (χ1) is 15.9. The lowest BCUT2D eigenvalue weighted by molar-refractivity contribution is -0.422. The van der Waals surface area contributed by atoms with E-state index >= 15 is 0 Å². The lowest BCUT2D eigenvalue weighted by Gasteiger charge is -2.20. The molecule has 0 atom stereocenters. The number of nitrogens with zero attached hydrogens (tertiary/aromatic N) is 4. The van der Waals surface area contributed by atoms with Gasteiger partial charge >= 0.3 is 11.4 Å². The summed E-state index contributed by atoms with van der Waals surface area (Å²) in [5.74, 6) is 0. The normalized spacial score (nSPS) is 11.2. The number of nitro groups is 2. The van der Waals surface area contributed by atoms with E-state index in [0.717, 1.165) is 30.3 Å². The Morgan fingerprint density at radius 3 is 1.91 bits per heavy atom. The fourth-order valence-electron chi connectivity index (χ4n) is 3.32. The summed E-state index contributed by atoms with van der Waals surface area (Å²) in [4.78, 5) is 27.2. The molecule has 0 unspecified atom stereocenters. The molecule has 0 spiro atoms. The standard InChI is InChI=1S/C25H24N4O4/c1-3-27(4-2)23-14-9-19(10-15-23)5-6-21-8-13-22(26-18-21)12-7-20-11-16-24(28(30)31)25(17-20)29(32)33/h5-18H,3-4H2,1-2H3/b6-5+,12-7+. The van der Waals surface area contributed by atoms with Gasteiger partial charge in [0.25, 0.3) is 0 Å². The number of nitro benzene ring substituents is 2. The molecule has 0 aliphatic heterocycles. The van der Waals surface area contributed by atoms with Gasteiger partial charge in [-0.3, -0.25) is 25.2 Å². The van der Waals surface area contributed by atoms with Gasteiger partial charge in [-0.25, -0.2) is 0 Å². The number of hydrogen-bond acceptors (Lipinski definition) is 6. The van der Waals surface area contributed by atoms with Crippen LogP contribution in [0.1, 0.15) is 36.2 Å². The van der Waals surface area contributed by atoms with Gasteiger partial charge in [0.15, 0.2) is 0 Å². The molecule has 2 aromatic carbocycles. The van der Waals surface area contributed by atoms with Crippen molar-refractivity contribution >= 4 is 41.4 Å². The topological polar surface area (TPSA) is 102 Å². The summed E-state index contributed by atoms with van der Waals surface area (Å²) < 4.78 is 0. The minimum atomic E-state index is -0.765. The van der Waals surface area contributed by atoms with E-state index in [1.54, 1.807) is 18.3 Å². The molecule has 33 heavy (non-hydrogen) atoms. The predicted octanol–water partition coefficient (Wildman–Crippen LogP) is 6.09. The molecule has 0 bridgehead atoms. The van der Waals surface area contributed by atoms with E-state index < -0.39 is 21.2 Å². The van der Waals surface area contributed by atoms with Crippen LogP contribution in [-0.4, -0.2) is 27.9 Å². The van der Waals surface area contributed by atoms with Crippen molar-refractivity contribution in [3.63, 3.8) is 0 Å². The monoisotopic (exact) mass is 444 g/mol. The van der Waals surface area contributed by atoms with Gasteiger partial charge in [-0.05, 0) is 60.9 Å². The SMILES string of the molecule is CCN(CC)c1ccc(/C=C/c2ccc(/C=C/c3ccc([N+](=O)[O-])c([N+](=O)[O-])c3)nc2)cc1. The van der Waals surface area contributed by atoms with E-state index in [4.69, 9.17) is 0 Å². The van der Waals surface area contributed by atoms with Crippen molar-refractivity contribution in [1.29, 1.82) is 0 Å². The third kappa shape index (κ3) is 6.10. The van der Waals surface area contributed by atoms with Crippen molar-refractivity contribution in [1.82, 2.24) is 4.98 Å². The zero-order chi connectivity index (χ0) is 23.8. The molecule has 8 heteroatoms. The first-order valence-corrected chi connectivity index (χ1v) is 10.5. The third-order valence-corrected chi connectivity index (χ3v) is 5.14. The van der Waals surface area contributed by atoms with Crippen LogP contribution in [0, 0.1) is 20.2 Å². The maximum Gasteiger partial charge on any atom is 0.346 e. The molecule has 0 aliphatic carbocycles. The van der Waals surface area contributed by atoms with Gasteiger partial charge in [0.05, 0.1) is 15.5 Å². The van der Waals surface area contributed by atoms with E-state index in [2.05, 4.69) is 48.0 Å². The number of aromatic nitrogens is 1. The van der Waals surface area contributed by atoms with Gasteiger partial charge in [-0.2, -0.15) is 0 Å². The molecule has 0 N–H and O–H groups in total. The Morgan fingerprint density at radius 1 is 0.758 bits per heavy atom. The lowest BCUT2D eigenvalue weighted by Crippen LogP contribution is -2.21. The molecule has 3 aromatic rings. The van der Waals surface area contributed by atoms with Crippen LogP contribution in [0.25, 0.3) is 24.3 Å². The van der Waals surface area contributed by atoms with Crippen LogP contribution in [0.4, 0.5) is 17.1 Å². The van der Waals surface area contributed by atoms with Crippen LogP contribution in [-0.2, 0) is 0 Å². The molecular formula is C25H24N4O4. The second-order valence-electron chi connectivity index (χ2n) is 7.21. The fraction of sp³-hybridized carbons (Fsp3) is 0.160. The average molecular weight is 444 g/mol. The second kappa shape index (κ2) is 10.8. The summed E-state index contributed by atoms with van der Waals surface area (Å²) in [5, 5.41) is 22.0. The van der Waals surface area contributed by atoms with Gasteiger partial charge in [0.2, 0.25) is 0 Å². The molecule has 0 aliphatic rings. The Balaban J connectivity index is 1.68. The summed E-state index contributed by atoms with van der Waals surface area (Å²) in [6.45, 7) is 6.22. The van der Waals surface area contributed by atoms with E-state index in [0.29, 0.717) is 11.3 Å². The number of benzene rings is 2. The van der Waals surface area contributed by atoms with Gasteiger partial charge in [-0.1, -0.05) is 36.4 Å². The van der Waals surface area contributed by atoms with Crippen LogP contribution >= 0.6 is 0 Å². The van der Waals surface area contributed by atoms with E-state index in [1.807, 2.05) is 24.3 Å². The Hall–Kier alpha value is -4.33. The highest BCUT2D eigenvalue weighted by atomic mass is 16.6. The number of hydrogen-bond donors (Lipinski definition) is 0. The lowest BCUT2D eigenvalue weighted by atomic mass is 10.1. The number of pyridine rings is 1. The van der Waals surface area contributed by atoms with Crippen molar-refractivity contribution in [2.24, 2.45) is 0 Å². The molecule has 3 rings (SSSR count). The molecule has 0 saturated heterocycles. The fourth-order valence-corrected chi connectivity index (χ4v) is 3.32. The van der Waals surface area contributed by atoms with E-state index in [1.165, 1.54) is 17.8 Å². The molecule has 1 heterocycles. The van der Waals surface area contributed by atoms with Crippen LogP contribution in [0.2, 0.25) is 0 Å². The highest BCUT2D eigenvalue weighted by Crippen LogP contribution is 2.28. The third-order valence-electron chi connectivity index (χ3n) is 5.14. The Morgan fingerprint density at radius 2 is 1.33 bits per heavy atom. The predicted molar refractivity (Wildman–Crippen MR) is 132 cm³/mol. The molecule has 0 fully saturated rings. The Kier molecular flexibility index (Phi) is 7.64. The minimum Gasteiger partial charge on any atom is -0.372 e. The molecule has 8 nitrogen and oxygen atoms in total. The molecule has 168 valence electrons. The molecule has 0 amide bonds. The molecule has 1 aromatic heterocycles. The average Bonchev–Trinajstić information content (AvgIpc) is 2.83. The highest BCUT2D eigenvalue weighted by Gasteiger charge is 2.23. The van der Waals surface area contributed by atoms with Gasteiger partial charge in [0.1, 0.15) is 0 Å². The van der Waals surface area contributed by atoms with Crippen molar-refractivity contribution in [3.05, 3.63) is 103 Å². The Labute approximate surface area is 191 Å². The zero-order valence-corrected chi connectivity index (χ0v) is 18.4. The maximum atomic E-state index is 11.1. The summed E-state index contributed by atoms with van der Waals surface area (Å²) in [6, 6.07) is 15.9. The van der Waals surface area contributed by atoms with Crippen LogP contribution in [0.15, 0.2) is 60.8 Å². The number of rotatable bonds is 9. The maximum absolute atomic E-state index is 11.1. The van der Waals surface area contributed by atoms with E-state index in [9.17, 15) is 20.2 Å². The Bertz CT molecular complexity index is 1180. The smallest absolute Gasteiger partial charge is 0.346 e. The molecule has 0 radical (unpaired) electrons. The van der Waals surface area contributed by atoms with Crippen LogP contribution < -0.4 is 4.90 Å². The summed E-state index contributed by atoms with van der Waals surface area (Å²) in [7, 11) is 0. The molecular weight excluding hydrogens is 420 g/mol. The quantitative estimate of drug-likeness (QED) is 0.292. The van der Waals surface area contributed by atoms with Crippen molar-refractivity contribution < 1.29 is 9.85 Å². The highest BCUT2D eigenvalue weighted by molar-refractivity contribution is 5.73. The minimum absolute atomic E-state index is 0.478.